The molecule has 1 heterocycles. The monoisotopic (exact) mass is 352 g/mol. The highest BCUT2D eigenvalue weighted by Gasteiger charge is 2.12. The van der Waals surface area contributed by atoms with Gasteiger partial charge in [0.1, 0.15) is 23.4 Å². The average Bonchev–Trinajstić information content (AvgIpc) is 3.20. The molecule has 1 atom stereocenters. The summed E-state index contributed by atoms with van der Waals surface area (Å²) in [5, 5.41) is 0. The molecule has 3 aromatic rings. The van der Waals surface area contributed by atoms with E-state index in [1.165, 1.54) is 5.56 Å². The number of hydrogen-bond acceptors (Lipinski definition) is 4. The zero-order valence-corrected chi connectivity index (χ0v) is 15.2. The molecule has 5 heteroatoms. The first-order valence-corrected chi connectivity index (χ1v) is 8.66. The zero-order valence-electron chi connectivity index (χ0n) is 15.2. The molecule has 0 aliphatic heterocycles. The van der Waals surface area contributed by atoms with E-state index in [2.05, 4.69) is 17.1 Å². The Hall–Kier alpha value is -2.95. The minimum atomic E-state index is 0.0414. The molecule has 0 fully saturated rings. The Labute approximate surface area is 154 Å². The van der Waals surface area contributed by atoms with Crippen molar-refractivity contribution >= 4 is 0 Å². The number of hydrogen-bond donors (Lipinski definition) is 0. The van der Waals surface area contributed by atoms with Gasteiger partial charge in [-0.05, 0) is 54.8 Å². The topological polar surface area (TPSA) is 45.5 Å². The van der Waals surface area contributed by atoms with Gasteiger partial charge < -0.3 is 18.8 Å². The van der Waals surface area contributed by atoms with Crippen molar-refractivity contribution in [1.82, 2.24) is 9.55 Å². The maximum absolute atomic E-state index is 6.23. The highest BCUT2D eigenvalue weighted by molar-refractivity contribution is 5.31. The summed E-state index contributed by atoms with van der Waals surface area (Å²) in [5.74, 6) is 2.53. The van der Waals surface area contributed by atoms with Gasteiger partial charge in [-0.15, -0.1) is 0 Å². The normalized spacial score (nSPS) is 11.8. The number of ether oxygens (including phenoxy) is 3. The van der Waals surface area contributed by atoms with Crippen molar-refractivity contribution in [1.29, 1.82) is 0 Å². The van der Waals surface area contributed by atoms with E-state index >= 15 is 0 Å². The van der Waals surface area contributed by atoms with Crippen molar-refractivity contribution in [3.8, 4) is 17.2 Å². The van der Waals surface area contributed by atoms with E-state index in [1.807, 2.05) is 53.5 Å². The van der Waals surface area contributed by atoms with Crippen molar-refractivity contribution in [2.45, 2.75) is 25.5 Å². The van der Waals surface area contributed by atoms with Crippen molar-refractivity contribution in [3.63, 3.8) is 0 Å². The van der Waals surface area contributed by atoms with Gasteiger partial charge in [0.15, 0.2) is 0 Å². The number of imidazole rings is 1. The number of methoxy groups -OCH3 is 2. The van der Waals surface area contributed by atoms with Crippen LogP contribution in [0.1, 0.15) is 12.0 Å². The lowest BCUT2D eigenvalue weighted by atomic mass is 10.1. The molecule has 0 N–H and O–H groups in total. The molecule has 3 rings (SSSR count). The standard InChI is InChI=1S/C21H24N2O3/c1-24-18-6-3-17(4-7-18)5-8-21(15-23-14-13-22-16-23)26-20-11-9-19(25-2)10-12-20/h3-4,6-7,9-14,16,21H,5,8,15H2,1-2H3. The first-order chi connectivity index (χ1) is 12.8. The fraction of sp³-hybridized carbons (Fsp3) is 0.286. The second-order valence-corrected chi connectivity index (χ2v) is 6.06. The van der Waals surface area contributed by atoms with Crippen LogP contribution in [0.3, 0.4) is 0 Å². The summed E-state index contributed by atoms with van der Waals surface area (Å²) in [7, 11) is 3.34. The van der Waals surface area contributed by atoms with Gasteiger partial charge in [-0.25, -0.2) is 4.98 Å². The van der Waals surface area contributed by atoms with Crippen molar-refractivity contribution in [3.05, 3.63) is 72.8 Å². The molecule has 0 bridgehead atoms. The molecule has 1 aromatic heterocycles. The van der Waals surface area contributed by atoms with Gasteiger partial charge in [0.25, 0.3) is 0 Å². The largest absolute Gasteiger partial charge is 0.497 e. The molecular formula is C21H24N2O3. The molecule has 26 heavy (non-hydrogen) atoms. The maximum Gasteiger partial charge on any atom is 0.120 e. The highest BCUT2D eigenvalue weighted by Crippen LogP contribution is 2.21. The van der Waals surface area contributed by atoms with Gasteiger partial charge in [-0.1, -0.05) is 12.1 Å². The van der Waals surface area contributed by atoms with E-state index in [-0.39, 0.29) is 6.10 Å². The summed E-state index contributed by atoms with van der Waals surface area (Å²) in [4.78, 5) is 4.12. The average molecular weight is 352 g/mol. The fourth-order valence-electron chi connectivity index (χ4n) is 2.78. The van der Waals surface area contributed by atoms with Crippen LogP contribution in [0.2, 0.25) is 0 Å². The molecule has 0 aliphatic rings. The third-order valence-electron chi connectivity index (χ3n) is 4.25. The van der Waals surface area contributed by atoms with E-state index in [0.717, 1.165) is 36.6 Å². The lowest BCUT2D eigenvalue weighted by Gasteiger charge is -2.20. The third kappa shape index (κ3) is 5.02. The van der Waals surface area contributed by atoms with E-state index in [9.17, 15) is 0 Å². The zero-order chi connectivity index (χ0) is 18.2. The minimum Gasteiger partial charge on any atom is -0.497 e. The van der Waals surface area contributed by atoms with Crippen LogP contribution in [0.4, 0.5) is 0 Å². The SMILES string of the molecule is COc1ccc(CCC(Cn2ccnc2)Oc2ccc(OC)cc2)cc1. The Bertz CT molecular complexity index is 768. The van der Waals surface area contributed by atoms with Gasteiger partial charge >= 0.3 is 0 Å². The van der Waals surface area contributed by atoms with E-state index in [0.29, 0.717) is 0 Å². The van der Waals surface area contributed by atoms with Crippen LogP contribution in [-0.4, -0.2) is 29.9 Å². The second kappa shape index (κ2) is 8.94. The number of nitrogens with zero attached hydrogens (tertiary/aromatic N) is 2. The van der Waals surface area contributed by atoms with Crippen LogP contribution in [0, 0.1) is 0 Å². The smallest absolute Gasteiger partial charge is 0.120 e. The number of rotatable bonds is 9. The van der Waals surface area contributed by atoms with E-state index in [1.54, 1.807) is 20.4 Å². The van der Waals surface area contributed by atoms with Crippen molar-refractivity contribution < 1.29 is 14.2 Å². The van der Waals surface area contributed by atoms with Gasteiger partial charge in [0, 0.05) is 12.4 Å². The molecule has 136 valence electrons. The summed E-state index contributed by atoms with van der Waals surface area (Å²) in [6.45, 7) is 0.752. The molecule has 0 aliphatic carbocycles. The predicted octanol–water partition coefficient (Wildman–Crippen LogP) is 3.98. The Balaban J connectivity index is 1.65. The summed E-state index contributed by atoms with van der Waals surface area (Å²) in [6, 6.07) is 15.9. The van der Waals surface area contributed by atoms with Crippen LogP contribution in [0.5, 0.6) is 17.2 Å². The summed E-state index contributed by atoms with van der Waals surface area (Å²) in [5.41, 5.74) is 1.26. The molecule has 0 amide bonds. The van der Waals surface area contributed by atoms with Crippen LogP contribution < -0.4 is 14.2 Å². The quantitative estimate of drug-likeness (QED) is 0.584. The molecule has 0 radical (unpaired) electrons. The molecule has 0 spiro atoms. The Morgan fingerprint density at radius 3 is 2.08 bits per heavy atom. The molecular weight excluding hydrogens is 328 g/mol. The molecule has 2 aromatic carbocycles. The van der Waals surface area contributed by atoms with E-state index in [4.69, 9.17) is 14.2 Å². The summed E-state index contributed by atoms with van der Waals surface area (Å²) >= 11 is 0. The lowest BCUT2D eigenvalue weighted by molar-refractivity contribution is 0.170. The Kier molecular flexibility index (Phi) is 6.14. The van der Waals surface area contributed by atoms with Crippen LogP contribution >= 0.6 is 0 Å². The third-order valence-corrected chi connectivity index (χ3v) is 4.25. The van der Waals surface area contributed by atoms with Crippen LogP contribution in [-0.2, 0) is 13.0 Å². The van der Waals surface area contributed by atoms with Crippen molar-refractivity contribution in [2.24, 2.45) is 0 Å². The van der Waals surface area contributed by atoms with Crippen LogP contribution in [0.25, 0.3) is 0 Å². The minimum absolute atomic E-state index is 0.0414. The number of aromatic nitrogens is 2. The van der Waals surface area contributed by atoms with Gasteiger partial charge in [0.2, 0.25) is 0 Å². The first-order valence-electron chi connectivity index (χ1n) is 8.66. The molecule has 1 unspecified atom stereocenters. The summed E-state index contributed by atoms with van der Waals surface area (Å²) in [6.07, 6.45) is 7.43. The van der Waals surface area contributed by atoms with E-state index < -0.39 is 0 Å². The number of benzene rings is 2. The fourth-order valence-corrected chi connectivity index (χ4v) is 2.78. The predicted molar refractivity (Wildman–Crippen MR) is 101 cm³/mol. The van der Waals surface area contributed by atoms with Gasteiger partial charge in [-0.2, -0.15) is 0 Å². The first kappa shape index (κ1) is 17.9. The summed E-state index contributed by atoms with van der Waals surface area (Å²) < 4.78 is 18.7. The molecule has 5 nitrogen and oxygen atoms in total. The van der Waals surface area contributed by atoms with Crippen LogP contribution in [0.15, 0.2) is 67.3 Å². The second-order valence-electron chi connectivity index (χ2n) is 6.06. The maximum atomic E-state index is 6.23. The molecule has 0 saturated carbocycles. The van der Waals surface area contributed by atoms with Gasteiger partial charge in [0.05, 0.1) is 27.1 Å². The van der Waals surface area contributed by atoms with Gasteiger partial charge in [-0.3, -0.25) is 0 Å². The lowest BCUT2D eigenvalue weighted by Crippen LogP contribution is -2.23. The number of aryl methyl sites for hydroxylation is 1. The Morgan fingerprint density at radius 2 is 1.50 bits per heavy atom. The van der Waals surface area contributed by atoms with Crippen molar-refractivity contribution in [2.75, 3.05) is 14.2 Å². The molecule has 0 saturated heterocycles. The Morgan fingerprint density at radius 1 is 0.885 bits per heavy atom. The highest BCUT2D eigenvalue weighted by atomic mass is 16.5.